The molecular formula is C16H24N2O4. The van der Waals surface area contributed by atoms with E-state index in [0.29, 0.717) is 43.7 Å². The summed E-state index contributed by atoms with van der Waals surface area (Å²) in [7, 11) is 1.35. The van der Waals surface area contributed by atoms with Crippen LogP contribution in [0.15, 0.2) is 0 Å². The first-order valence-electron chi connectivity index (χ1n) is 7.98. The van der Waals surface area contributed by atoms with Crippen LogP contribution < -0.4 is 0 Å². The Morgan fingerprint density at radius 1 is 1.27 bits per heavy atom. The number of hydrogen-bond acceptors (Lipinski definition) is 5. The third kappa shape index (κ3) is 3.70. The fraction of sp³-hybridized carbons (Fsp3) is 0.812. The Morgan fingerprint density at radius 3 is 2.68 bits per heavy atom. The number of rotatable bonds is 3. The second-order valence-corrected chi connectivity index (χ2v) is 6.21. The van der Waals surface area contributed by atoms with Crippen LogP contribution in [-0.2, 0) is 14.3 Å². The molecule has 0 aromatic carbocycles. The molecule has 0 aromatic rings. The molecule has 0 bridgehead atoms. The number of nitriles is 1. The zero-order valence-electron chi connectivity index (χ0n) is 13.3. The number of carbonyl (C=O) groups excluding carboxylic acids is 2. The number of esters is 1. The predicted molar refractivity (Wildman–Crippen MR) is 78.7 cm³/mol. The summed E-state index contributed by atoms with van der Waals surface area (Å²) in [5.41, 5.74) is 0. The highest BCUT2D eigenvalue weighted by atomic mass is 16.5. The Bertz CT molecular complexity index is 460. The molecule has 1 amide bonds. The van der Waals surface area contributed by atoms with Gasteiger partial charge in [0.2, 0.25) is 0 Å². The van der Waals surface area contributed by atoms with Crippen LogP contribution in [0.3, 0.4) is 0 Å². The molecule has 6 heteroatoms. The summed E-state index contributed by atoms with van der Waals surface area (Å²) >= 11 is 0. The van der Waals surface area contributed by atoms with Gasteiger partial charge in [0.25, 0.3) is 0 Å². The molecule has 0 aromatic heterocycles. The van der Waals surface area contributed by atoms with Gasteiger partial charge >= 0.3 is 12.1 Å². The largest absolute Gasteiger partial charge is 0.466 e. The van der Waals surface area contributed by atoms with Gasteiger partial charge in [-0.2, -0.15) is 5.26 Å². The maximum Gasteiger partial charge on any atom is 0.410 e. The Balaban J connectivity index is 1.95. The molecule has 6 nitrogen and oxygen atoms in total. The Morgan fingerprint density at radius 2 is 2.05 bits per heavy atom. The van der Waals surface area contributed by atoms with Crippen LogP contribution in [0.5, 0.6) is 0 Å². The summed E-state index contributed by atoms with van der Waals surface area (Å²) in [6, 6.07) is 1.79. The predicted octanol–water partition coefficient (Wildman–Crippen LogP) is 2.34. The Labute approximate surface area is 131 Å². The van der Waals surface area contributed by atoms with Crippen molar-refractivity contribution in [3.05, 3.63) is 0 Å². The van der Waals surface area contributed by atoms with Crippen LogP contribution in [0.4, 0.5) is 4.79 Å². The standard InChI is InChI=1S/C16H24N2O4/c1-3-22-15(19)7-11-4-5-12-10-18(16(20)21-2)14(9-17)8-13(12)6-11/h11-14H,3-8,10H2,1-2H3. The zero-order chi connectivity index (χ0) is 16.1. The summed E-state index contributed by atoms with van der Waals surface area (Å²) in [4.78, 5) is 25.0. The molecule has 0 N–H and O–H groups in total. The molecule has 0 radical (unpaired) electrons. The molecule has 22 heavy (non-hydrogen) atoms. The Kier molecular flexibility index (Phi) is 5.64. The van der Waals surface area contributed by atoms with E-state index in [-0.39, 0.29) is 5.97 Å². The van der Waals surface area contributed by atoms with Gasteiger partial charge in [0.1, 0.15) is 6.04 Å². The number of amides is 1. The zero-order valence-corrected chi connectivity index (χ0v) is 13.3. The van der Waals surface area contributed by atoms with Gasteiger partial charge in [0.15, 0.2) is 0 Å². The molecule has 1 saturated carbocycles. The molecule has 1 saturated heterocycles. The van der Waals surface area contributed by atoms with Crippen molar-refractivity contribution in [2.24, 2.45) is 17.8 Å². The van der Waals surface area contributed by atoms with E-state index >= 15 is 0 Å². The second-order valence-electron chi connectivity index (χ2n) is 6.21. The van der Waals surface area contributed by atoms with E-state index in [2.05, 4.69) is 6.07 Å². The van der Waals surface area contributed by atoms with Gasteiger partial charge in [-0.15, -0.1) is 0 Å². The minimum atomic E-state index is -0.421. The summed E-state index contributed by atoms with van der Waals surface area (Å²) in [6.07, 6.45) is 3.63. The molecule has 1 aliphatic heterocycles. The molecule has 1 aliphatic carbocycles. The molecule has 4 unspecified atom stereocenters. The first kappa shape index (κ1) is 16.6. The van der Waals surface area contributed by atoms with Crippen LogP contribution >= 0.6 is 0 Å². The molecule has 1 heterocycles. The van der Waals surface area contributed by atoms with Crippen molar-refractivity contribution in [2.45, 2.75) is 45.1 Å². The van der Waals surface area contributed by atoms with Crippen LogP contribution in [0.1, 0.15) is 39.0 Å². The van der Waals surface area contributed by atoms with E-state index in [4.69, 9.17) is 9.47 Å². The first-order valence-corrected chi connectivity index (χ1v) is 7.98. The molecular weight excluding hydrogens is 284 g/mol. The smallest absolute Gasteiger partial charge is 0.410 e. The number of likely N-dealkylation sites (tertiary alicyclic amines) is 1. The third-order valence-electron chi connectivity index (χ3n) is 4.90. The maximum absolute atomic E-state index is 11.8. The highest BCUT2D eigenvalue weighted by molar-refractivity contribution is 5.69. The summed E-state index contributed by atoms with van der Waals surface area (Å²) < 4.78 is 9.80. The SMILES string of the molecule is CCOC(=O)CC1CCC2CN(C(=O)OC)C(C#N)CC2C1. The van der Waals surface area contributed by atoms with Crippen molar-refractivity contribution in [2.75, 3.05) is 20.3 Å². The van der Waals surface area contributed by atoms with Crippen LogP contribution in [0, 0.1) is 29.1 Å². The van der Waals surface area contributed by atoms with E-state index in [1.54, 1.807) is 4.90 Å². The van der Waals surface area contributed by atoms with Crippen LogP contribution in [0.2, 0.25) is 0 Å². The van der Waals surface area contributed by atoms with E-state index in [1.165, 1.54) is 7.11 Å². The summed E-state index contributed by atoms with van der Waals surface area (Å²) in [6.45, 7) is 2.82. The van der Waals surface area contributed by atoms with Crippen molar-refractivity contribution < 1.29 is 19.1 Å². The highest BCUT2D eigenvalue weighted by Gasteiger charge is 2.41. The van der Waals surface area contributed by atoms with Crippen molar-refractivity contribution >= 4 is 12.1 Å². The quantitative estimate of drug-likeness (QED) is 0.748. The van der Waals surface area contributed by atoms with E-state index < -0.39 is 12.1 Å². The van der Waals surface area contributed by atoms with Gasteiger partial charge in [0, 0.05) is 13.0 Å². The van der Waals surface area contributed by atoms with Gasteiger partial charge in [-0.3, -0.25) is 9.69 Å². The number of methoxy groups -OCH3 is 1. The van der Waals surface area contributed by atoms with E-state index in [9.17, 15) is 14.9 Å². The summed E-state index contributed by atoms with van der Waals surface area (Å²) in [5.74, 6) is 1.01. The average Bonchev–Trinajstić information content (AvgIpc) is 2.52. The molecule has 122 valence electrons. The van der Waals surface area contributed by atoms with Crippen molar-refractivity contribution in [1.29, 1.82) is 5.26 Å². The lowest BCUT2D eigenvalue weighted by Crippen LogP contribution is -2.51. The minimum Gasteiger partial charge on any atom is -0.466 e. The number of carbonyl (C=O) groups is 2. The molecule has 0 spiro atoms. The van der Waals surface area contributed by atoms with Crippen LogP contribution in [-0.4, -0.2) is 43.3 Å². The van der Waals surface area contributed by atoms with Crippen molar-refractivity contribution in [3.63, 3.8) is 0 Å². The van der Waals surface area contributed by atoms with Crippen LogP contribution in [0.25, 0.3) is 0 Å². The molecule has 4 atom stereocenters. The number of fused-ring (bicyclic) bond motifs is 1. The second kappa shape index (κ2) is 7.48. The lowest BCUT2D eigenvalue weighted by molar-refractivity contribution is -0.144. The van der Waals surface area contributed by atoms with Gasteiger partial charge < -0.3 is 9.47 Å². The number of piperidine rings is 1. The first-order chi connectivity index (χ1) is 10.6. The van der Waals surface area contributed by atoms with Gasteiger partial charge in [-0.25, -0.2) is 4.79 Å². The van der Waals surface area contributed by atoms with E-state index in [0.717, 1.165) is 19.3 Å². The van der Waals surface area contributed by atoms with Gasteiger partial charge in [0.05, 0.1) is 19.8 Å². The molecule has 2 rings (SSSR count). The maximum atomic E-state index is 11.8. The lowest BCUT2D eigenvalue weighted by Gasteiger charge is -2.45. The average molecular weight is 308 g/mol. The normalized spacial score (nSPS) is 30.9. The topological polar surface area (TPSA) is 79.6 Å². The molecule has 2 fully saturated rings. The van der Waals surface area contributed by atoms with E-state index in [1.807, 2.05) is 6.92 Å². The van der Waals surface area contributed by atoms with Crippen molar-refractivity contribution in [1.82, 2.24) is 4.90 Å². The summed E-state index contributed by atoms with van der Waals surface area (Å²) in [5, 5.41) is 9.30. The number of nitrogens with zero attached hydrogens (tertiary/aromatic N) is 2. The third-order valence-corrected chi connectivity index (χ3v) is 4.90. The molecule has 2 aliphatic rings. The minimum absolute atomic E-state index is 0.130. The highest BCUT2D eigenvalue weighted by Crippen LogP contribution is 2.42. The van der Waals surface area contributed by atoms with Gasteiger partial charge in [-0.05, 0) is 50.4 Å². The number of hydrogen-bond donors (Lipinski definition) is 0. The fourth-order valence-electron chi connectivity index (χ4n) is 3.83. The fourth-order valence-corrected chi connectivity index (χ4v) is 3.83. The van der Waals surface area contributed by atoms with Crippen molar-refractivity contribution in [3.8, 4) is 6.07 Å². The lowest BCUT2D eigenvalue weighted by atomic mass is 9.68. The Hall–Kier alpha value is -1.77. The monoisotopic (exact) mass is 308 g/mol. The van der Waals surface area contributed by atoms with Gasteiger partial charge in [-0.1, -0.05) is 0 Å². The number of ether oxygens (including phenoxy) is 2.